The van der Waals surface area contributed by atoms with Crippen molar-refractivity contribution < 1.29 is 14.2 Å². The van der Waals surface area contributed by atoms with E-state index in [9.17, 15) is 0 Å². The number of ether oxygens (including phenoxy) is 3. The lowest BCUT2D eigenvalue weighted by Gasteiger charge is -2.32. The minimum absolute atomic E-state index is 0.191. The monoisotopic (exact) mass is 293 g/mol. The van der Waals surface area contributed by atoms with Crippen LogP contribution in [0.3, 0.4) is 0 Å². The van der Waals surface area contributed by atoms with E-state index in [0.29, 0.717) is 5.92 Å². The first-order chi connectivity index (χ1) is 10.3. The second kappa shape index (κ2) is 8.37. The highest BCUT2D eigenvalue weighted by Crippen LogP contribution is 2.36. The molecule has 0 amide bonds. The minimum atomic E-state index is -0.216. The number of benzene rings is 1. The second-order valence-electron chi connectivity index (χ2n) is 5.51. The third-order valence-electron chi connectivity index (χ3n) is 4.07. The van der Waals surface area contributed by atoms with Crippen LogP contribution in [0, 0.1) is 0 Å². The summed E-state index contributed by atoms with van der Waals surface area (Å²) in [5.74, 6) is 1.51. The van der Waals surface area contributed by atoms with E-state index in [1.165, 1.54) is 5.56 Å². The molecule has 0 saturated heterocycles. The van der Waals surface area contributed by atoms with E-state index in [2.05, 4.69) is 30.4 Å². The molecule has 118 valence electrons. The van der Waals surface area contributed by atoms with Crippen LogP contribution in [-0.2, 0) is 9.47 Å². The van der Waals surface area contributed by atoms with Crippen molar-refractivity contribution in [3.63, 3.8) is 0 Å². The molecule has 0 aromatic heterocycles. The van der Waals surface area contributed by atoms with E-state index in [-0.39, 0.29) is 12.3 Å². The highest BCUT2D eigenvalue weighted by Gasteiger charge is 2.28. The highest BCUT2D eigenvalue weighted by molar-refractivity contribution is 5.37. The van der Waals surface area contributed by atoms with Crippen LogP contribution in [0.1, 0.15) is 37.7 Å². The fourth-order valence-electron chi connectivity index (χ4n) is 3.01. The number of rotatable bonds is 8. The molecule has 1 aromatic rings. The van der Waals surface area contributed by atoms with Crippen molar-refractivity contribution in [1.29, 1.82) is 0 Å². The third-order valence-corrected chi connectivity index (χ3v) is 4.07. The van der Waals surface area contributed by atoms with E-state index in [0.717, 1.165) is 38.2 Å². The highest BCUT2D eigenvalue weighted by atomic mass is 16.7. The summed E-state index contributed by atoms with van der Waals surface area (Å²) in [6.45, 7) is 3.92. The van der Waals surface area contributed by atoms with E-state index in [4.69, 9.17) is 14.2 Å². The molecule has 1 heterocycles. The smallest absolute Gasteiger partial charge is 0.172 e. The van der Waals surface area contributed by atoms with Gasteiger partial charge >= 0.3 is 0 Å². The fourth-order valence-corrected chi connectivity index (χ4v) is 3.01. The van der Waals surface area contributed by atoms with E-state index in [1.807, 2.05) is 6.07 Å². The molecule has 4 nitrogen and oxygen atoms in total. The normalized spacial score (nSPS) is 19.1. The van der Waals surface area contributed by atoms with Gasteiger partial charge in [-0.2, -0.15) is 0 Å². The van der Waals surface area contributed by atoms with Crippen LogP contribution in [0.25, 0.3) is 0 Å². The Morgan fingerprint density at radius 1 is 1.29 bits per heavy atom. The molecule has 4 heteroatoms. The van der Waals surface area contributed by atoms with Gasteiger partial charge in [0.25, 0.3) is 0 Å². The molecular formula is C17H27NO3. The molecule has 0 radical (unpaired) electrons. The molecule has 1 aromatic carbocycles. The van der Waals surface area contributed by atoms with Gasteiger partial charge < -0.3 is 19.5 Å². The van der Waals surface area contributed by atoms with Crippen molar-refractivity contribution >= 4 is 0 Å². The average Bonchev–Trinajstić information content (AvgIpc) is 2.53. The van der Waals surface area contributed by atoms with Gasteiger partial charge in [0, 0.05) is 14.2 Å². The number of methoxy groups -OCH3 is 2. The Morgan fingerprint density at radius 3 is 2.76 bits per heavy atom. The third kappa shape index (κ3) is 4.19. The van der Waals surface area contributed by atoms with Crippen LogP contribution in [-0.4, -0.2) is 39.7 Å². The lowest BCUT2D eigenvalue weighted by Crippen LogP contribution is -2.43. The topological polar surface area (TPSA) is 39.7 Å². The van der Waals surface area contributed by atoms with Crippen LogP contribution in [0.2, 0.25) is 0 Å². The summed E-state index contributed by atoms with van der Waals surface area (Å²) in [5, 5.41) is 3.56. The summed E-state index contributed by atoms with van der Waals surface area (Å²) in [6, 6.07) is 8.53. The molecule has 0 spiro atoms. The Hall–Kier alpha value is -1.10. The first kappa shape index (κ1) is 16.3. The summed E-state index contributed by atoms with van der Waals surface area (Å²) >= 11 is 0. The van der Waals surface area contributed by atoms with E-state index < -0.39 is 0 Å². The molecule has 1 aliphatic heterocycles. The first-order valence-corrected chi connectivity index (χ1v) is 7.80. The summed E-state index contributed by atoms with van der Waals surface area (Å²) in [6.07, 6.45) is 2.92. The molecule has 2 rings (SSSR count). The fraction of sp³-hybridized carbons (Fsp3) is 0.647. The van der Waals surface area contributed by atoms with Gasteiger partial charge in [0.1, 0.15) is 5.75 Å². The van der Waals surface area contributed by atoms with E-state index >= 15 is 0 Å². The Bertz CT molecular complexity index is 420. The number of hydrogen-bond donors (Lipinski definition) is 1. The number of para-hydroxylation sites is 1. The van der Waals surface area contributed by atoms with Crippen molar-refractivity contribution in [2.24, 2.45) is 0 Å². The minimum Gasteiger partial charge on any atom is -0.493 e. The zero-order chi connectivity index (χ0) is 15.1. The Balaban J connectivity index is 2.09. The van der Waals surface area contributed by atoms with Gasteiger partial charge in [0.15, 0.2) is 6.29 Å². The number of hydrogen-bond acceptors (Lipinski definition) is 4. The van der Waals surface area contributed by atoms with Crippen LogP contribution < -0.4 is 10.1 Å². The van der Waals surface area contributed by atoms with E-state index in [1.54, 1.807) is 14.2 Å². The SMILES string of the molecule is CCCNC(CC1CCOc2ccccc21)C(OC)OC. The first-order valence-electron chi connectivity index (χ1n) is 7.80. The summed E-state index contributed by atoms with van der Waals surface area (Å²) in [7, 11) is 3.40. The summed E-state index contributed by atoms with van der Waals surface area (Å²) in [4.78, 5) is 0. The van der Waals surface area contributed by atoms with Crippen molar-refractivity contribution in [3.05, 3.63) is 29.8 Å². The van der Waals surface area contributed by atoms with Gasteiger partial charge in [-0.1, -0.05) is 25.1 Å². The molecule has 1 aliphatic rings. The molecule has 21 heavy (non-hydrogen) atoms. The van der Waals surface area contributed by atoms with Crippen LogP contribution in [0.4, 0.5) is 0 Å². The zero-order valence-electron chi connectivity index (χ0n) is 13.3. The van der Waals surface area contributed by atoms with Crippen molar-refractivity contribution in [1.82, 2.24) is 5.32 Å². The molecule has 0 aliphatic carbocycles. The molecule has 2 atom stereocenters. The van der Waals surface area contributed by atoms with Gasteiger partial charge in [-0.15, -0.1) is 0 Å². The van der Waals surface area contributed by atoms with Crippen LogP contribution in [0.5, 0.6) is 5.75 Å². The quantitative estimate of drug-likeness (QED) is 0.748. The second-order valence-corrected chi connectivity index (χ2v) is 5.51. The molecule has 0 fully saturated rings. The maximum atomic E-state index is 5.75. The molecule has 0 saturated carbocycles. The number of fused-ring (bicyclic) bond motifs is 1. The molecule has 1 N–H and O–H groups in total. The Morgan fingerprint density at radius 2 is 2.05 bits per heavy atom. The van der Waals surface area contributed by atoms with Gasteiger partial charge in [-0.3, -0.25) is 0 Å². The maximum Gasteiger partial charge on any atom is 0.172 e. The average molecular weight is 293 g/mol. The molecular weight excluding hydrogens is 266 g/mol. The van der Waals surface area contributed by atoms with Gasteiger partial charge in [0.05, 0.1) is 12.6 Å². The summed E-state index contributed by atoms with van der Waals surface area (Å²) < 4.78 is 16.7. The standard InChI is InChI=1S/C17H27NO3/c1-4-10-18-15(17(19-2)20-3)12-13-9-11-21-16-8-6-5-7-14(13)16/h5-8,13,15,17-18H,4,9-12H2,1-3H3. The van der Waals surface area contributed by atoms with Gasteiger partial charge in [0.2, 0.25) is 0 Å². The largest absolute Gasteiger partial charge is 0.493 e. The zero-order valence-corrected chi connectivity index (χ0v) is 13.3. The maximum absolute atomic E-state index is 5.75. The Kier molecular flexibility index (Phi) is 6.49. The summed E-state index contributed by atoms with van der Waals surface area (Å²) in [5.41, 5.74) is 1.30. The lowest BCUT2D eigenvalue weighted by atomic mass is 9.87. The Labute approximate surface area is 127 Å². The predicted molar refractivity (Wildman–Crippen MR) is 83.8 cm³/mol. The molecule has 2 unspecified atom stereocenters. The molecule has 0 bridgehead atoms. The predicted octanol–water partition coefficient (Wildman–Crippen LogP) is 2.93. The van der Waals surface area contributed by atoms with Gasteiger partial charge in [-0.25, -0.2) is 0 Å². The van der Waals surface area contributed by atoms with Crippen LogP contribution in [0.15, 0.2) is 24.3 Å². The number of nitrogens with one attached hydrogen (secondary N) is 1. The van der Waals surface area contributed by atoms with Crippen molar-refractivity contribution in [2.45, 2.75) is 44.4 Å². The van der Waals surface area contributed by atoms with Gasteiger partial charge in [-0.05, 0) is 43.4 Å². The van der Waals surface area contributed by atoms with Crippen molar-refractivity contribution in [3.8, 4) is 5.75 Å². The lowest BCUT2D eigenvalue weighted by molar-refractivity contribution is -0.125. The van der Waals surface area contributed by atoms with Crippen molar-refractivity contribution in [2.75, 3.05) is 27.4 Å². The van der Waals surface area contributed by atoms with Crippen LogP contribution >= 0.6 is 0 Å².